The van der Waals surface area contributed by atoms with Gasteiger partial charge in [-0.15, -0.1) is 0 Å². The summed E-state index contributed by atoms with van der Waals surface area (Å²) in [5.41, 5.74) is 5.59. The van der Waals surface area contributed by atoms with Crippen LogP contribution in [0.4, 0.5) is 0 Å². The molecule has 2 N–H and O–H groups in total. The molecule has 2 bridgehead atoms. The molecule has 0 aromatic rings. The van der Waals surface area contributed by atoms with E-state index in [4.69, 9.17) is 5.73 Å². The first-order valence-electron chi connectivity index (χ1n) is 5.41. The van der Waals surface area contributed by atoms with Crippen molar-refractivity contribution in [2.45, 2.75) is 30.9 Å². The standard InChI is InChI=1S/C10H19NO2S/c1-14(12,13)10(6-11)9-5-7-2-3-8(9)4-7/h7-10H,2-6,11H2,1H3. The summed E-state index contributed by atoms with van der Waals surface area (Å²) in [4.78, 5) is 0. The van der Waals surface area contributed by atoms with Crippen LogP contribution in [0.3, 0.4) is 0 Å². The van der Waals surface area contributed by atoms with Crippen molar-refractivity contribution in [2.75, 3.05) is 12.8 Å². The second-order valence-electron chi connectivity index (χ2n) is 4.94. The van der Waals surface area contributed by atoms with Gasteiger partial charge in [-0.3, -0.25) is 0 Å². The fourth-order valence-electron chi connectivity index (χ4n) is 3.42. The number of sulfone groups is 1. The molecule has 2 fully saturated rings. The lowest BCUT2D eigenvalue weighted by molar-refractivity contribution is 0.319. The summed E-state index contributed by atoms with van der Waals surface area (Å²) < 4.78 is 23.1. The van der Waals surface area contributed by atoms with Crippen molar-refractivity contribution in [3.8, 4) is 0 Å². The Labute approximate surface area is 86.0 Å². The van der Waals surface area contributed by atoms with Crippen molar-refractivity contribution in [1.29, 1.82) is 0 Å². The molecule has 4 heteroatoms. The average Bonchev–Trinajstić information content (AvgIpc) is 2.63. The smallest absolute Gasteiger partial charge is 0.151 e. The van der Waals surface area contributed by atoms with E-state index in [1.165, 1.54) is 25.5 Å². The molecule has 82 valence electrons. The van der Waals surface area contributed by atoms with Crippen LogP contribution in [-0.2, 0) is 9.84 Å². The Balaban J connectivity index is 2.14. The van der Waals surface area contributed by atoms with Gasteiger partial charge in [0.2, 0.25) is 0 Å². The fraction of sp³-hybridized carbons (Fsp3) is 1.00. The molecular formula is C10H19NO2S. The van der Waals surface area contributed by atoms with E-state index >= 15 is 0 Å². The molecule has 0 aromatic carbocycles. The average molecular weight is 217 g/mol. The molecule has 14 heavy (non-hydrogen) atoms. The normalized spacial score (nSPS) is 38.9. The van der Waals surface area contributed by atoms with Crippen LogP contribution < -0.4 is 5.73 Å². The Hall–Kier alpha value is -0.0900. The second-order valence-corrected chi connectivity index (χ2v) is 7.21. The van der Waals surface area contributed by atoms with Crippen molar-refractivity contribution in [3.63, 3.8) is 0 Å². The minimum atomic E-state index is -2.95. The molecule has 2 aliphatic rings. The van der Waals surface area contributed by atoms with Gasteiger partial charge in [0.05, 0.1) is 5.25 Å². The third-order valence-corrected chi connectivity index (χ3v) is 5.69. The third kappa shape index (κ3) is 1.70. The molecule has 4 atom stereocenters. The first-order chi connectivity index (χ1) is 6.52. The third-order valence-electron chi connectivity index (χ3n) is 4.05. The van der Waals surface area contributed by atoms with Crippen LogP contribution in [-0.4, -0.2) is 26.5 Å². The molecule has 0 saturated heterocycles. The summed E-state index contributed by atoms with van der Waals surface area (Å²) in [6.07, 6.45) is 6.20. The zero-order valence-electron chi connectivity index (χ0n) is 8.65. The van der Waals surface area contributed by atoms with Gasteiger partial charge in [-0.25, -0.2) is 8.42 Å². The van der Waals surface area contributed by atoms with Crippen molar-refractivity contribution in [2.24, 2.45) is 23.5 Å². The molecule has 0 amide bonds. The van der Waals surface area contributed by atoms with Crippen LogP contribution in [0, 0.1) is 17.8 Å². The maximum Gasteiger partial charge on any atom is 0.151 e. The maximum atomic E-state index is 11.5. The van der Waals surface area contributed by atoms with Gasteiger partial charge in [-0.05, 0) is 37.0 Å². The lowest BCUT2D eigenvalue weighted by atomic mass is 9.86. The summed E-state index contributed by atoms with van der Waals surface area (Å²) in [6, 6.07) is 0. The van der Waals surface area contributed by atoms with E-state index in [1.807, 2.05) is 0 Å². The lowest BCUT2D eigenvalue weighted by Gasteiger charge is -2.28. The predicted molar refractivity (Wildman–Crippen MR) is 56.6 cm³/mol. The maximum absolute atomic E-state index is 11.5. The summed E-state index contributed by atoms with van der Waals surface area (Å²) in [7, 11) is -2.95. The van der Waals surface area contributed by atoms with E-state index in [9.17, 15) is 8.42 Å². The molecule has 0 spiro atoms. The van der Waals surface area contributed by atoms with Crippen LogP contribution in [0.1, 0.15) is 25.7 Å². The van der Waals surface area contributed by atoms with Gasteiger partial charge in [0.1, 0.15) is 0 Å². The molecule has 0 radical (unpaired) electrons. The van der Waals surface area contributed by atoms with Gasteiger partial charge in [0.25, 0.3) is 0 Å². The number of fused-ring (bicyclic) bond motifs is 2. The monoisotopic (exact) mass is 217 g/mol. The highest BCUT2D eigenvalue weighted by Crippen LogP contribution is 2.50. The number of rotatable bonds is 3. The first kappa shape index (κ1) is 10.4. The van der Waals surface area contributed by atoms with Crippen LogP contribution >= 0.6 is 0 Å². The van der Waals surface area contributed by atoms with E-state index in [0.29, 0.717) is 18.4 Å². The van der Waals surface area contributed by atoms with Gasteiger partial charge in [0.15, 0.2) is 9.84 Å². The second kappa shape index (κ2) is 3.49. The van der Waals surface area contributed by atoms with E-state index in [2.05, 4.69) is 0 Å². The van der Waals surface area contributed by atoms with Gasteiger partial charge in [0, 0.05) is 12.8 Å². The molecule has 2 rings (SSSR count). The number of hydrogen-bond donors (Lipinski definition) is 1. The SMILES string of the molecule is CS(=O)(=O)C(CN)C1CC2CCC1C2. The minimum Gasteiger partial charge on any atom is -0.329 e. The Bertz CT molecular complexity index is 312. The van der Waals surface area contributed by atoms with E-state index in [0.717, 1.165) is 12.3 Å². The lowest BCUT2D eigenvalue weighted by Crippen LogP contribution is -2.38. The summed E-state index contributed by atoms with van der Waals surface area (Å²) in [5.74, 6) is 1.79. The van der Waals surface area contributed by atoms with E-state index in [-0.39, 0.29) is 5.25 Å². The van der Waals surface area contributed by atoms with E-state index < -0.39 is 9.84 Å². The summed E-state index contributed by atoms with van der Waals surface area (Å²) in [6.45, 7) is 0.298. The highest BCUT2D eigenvalue weighted by molar-refractivity contribution is 7.91. The van der Waals surface area contributed by atoms with Crippen LogP contribution in [0.25, 0.3) is 0 Å². The topological polar surface area (TPSA) is 60.2 Å². The Morgan fingerprint density at radius 3 is 2.43 bits per heavy atom. The summed E-state index contributed by atoms with van der Waals surface area (Å²) >= 11 is 0. The van der Waals surface area contributed by atoms with Gasteiger partial charge in [-0.1, -0.05) is 6.42 Å². The largest absolute Gasteiger partial charge is 0.329 e. The van der Waals surface area contributed by atoms with Crippen molar-refractivity contribution < 1.29 is 8.42 Å². The predicted octanol–water partition coefficient (Wildman–Crippen LogP) is 0.794. The zero-order valence-corrected chi connectivity index (χ0v) is 9.46. The molecule has 0 aromatic heterocycles. The summed E-state index contributed by atoms with van der Waals surface area (Å²) in [5, 5.41) is -0.280. The fourth-order valence-corrected chi connectivity index (χ4v) is 4.73. The molecular weight excluding hydrogens is 198 g/mol. The molecule has 0 heterocycles. The van der Waals surface area contributed by atoms with Crippen LogP contribution in [0.2, 0.25) is 0 Å². The highest BCUT2D eigenvalue weighted by Gasteiger charge is 2.45. The number of hydrogen-bond acceptors (Lipinski definition) is 3. The Morgan fingerprint density at radius 2 is 2.07 bits per heavy atom. The van der Waals surface area contributed by atoms with Crippen molar-refractivity contribution >= 4 is 9.84 Å². The van der Waals surface area contributed by atoms with Gasteiger partial charge < -0.3 is 5.73 Å². The zero-order chi connectivity index (χ0) is 10.3. The van der Waals surface area contributed by atoms with Gasteiger partial charge in [-0.2, -0.15) is 0 Å². The molecule has 2 aliphatic carbocycles. The minimum absolute atomic E-state index is 0.280. The molecule has 0 aliphatic heterocycles. The molecule has 3 nitrogen and oxygen atoms in total. The highest BCUT2D eigenvalue weighted by atomic mass is 32.2. The van der Waals surface area contributed by atoms with Crippen LogP contribution in [0.5, 0.6) is 0 Å². The Morgan fingerprint density at radius 1 is 1.36 bits per heavy atom. The van der Waals surface area contributed by atoms with Crippen molar-refractivity contribution in [1.82, 2.24) is 0 Å². The quantitative estimate of drug-likeness (QED) is 0.760. The van der Waals surface area contributed by atoms with Crippen molar-refractivity contribution in [3.05, 3.63) is 0 Å². The Kier molecular flexibility index (Phi) is 2.60. The van der Waals surface area contributed by atoms with Gasteiger partial charge >= 0.3 is 0 Å². The number of nitrogens with two attached hydrogens (primary N) is 1. The van der Waals surface area contributed by atoms with E-state index in [1.54, 1.807) is 0 Å². The molecule has 2 saturated carbocycles. The van der Waals surface area contributed by atoms with Crippen LogP contribution in [0.15, 0.2) is 0 Å². The first-order valence-corrected chi connectivity index (χ1v) is 7.36. The molecule has 4 unspecified atom stereocenters.